The molecule has 0 radical (unpaired) electrons. The molecule has 0 spiro atoms. The van der Waals surface area contributed by atoms with Crippen molar-refractivity contribution in [1.29, 1.82) is 0 Å². The van der Waals surface area contributed by atoms with Crippen molar-refractivity contribution >= 4 is 34.6 Å². The zero-order valence-electron chi connectivity index (χ0n) is 16.8. The van der Waals surface area contributed by atoms with Crippen LogP contribution >= 0.6 is 23.2 Å². The van der Waals surface area contributed by atoms with Gasteiger partial charge in [-0.15, -0.1) is 5.11 Å². The summed E-state index contributed by atoms with van der Waals surface area (Å²) < 4.78 is 5.90. The fourth-order valence-electron chi connectivity index (χ4n) is 3.35. The average Bonchev–Trinajstić information content (AvgIpc) is 2.80. The van der Waals surface area contributed by atoms with Crippen LogP contribution in [0.3, 0.4) is 0 Å². The summed E-state index contributed by atoms with van der Waals surface area (Å²) in [7, 11) is 0. The highest BCUT2D eigenvalue weighted by Gasteiger charge is 2.21. The zero-order chi connectivity index (χ0) is 21.6. The molecule has 2 aromatic carbocycles. The van der Waals surface area contributed by atoms with Gasteiger partial charge in [-0.3, -0.25) is 4.90 Å². The number of ether oxygens (including phenoxy) is 1. The second-order valence-electron chi connectivity index (χ2n) is 7.08. The fraction of sp³-hybridized carbons (Fsp3) is 0.273. The quantitative estimate of drug-likeness (QED) is 0.406. The molecule has 0 saturated carbocycles. The van der Waals surface area contributed by atoms with Crippen molar-refractivity contribution in [1.82, 2.24) is 14.9 Å². The molecule has 7 nitrogen and oxygen atoms in total. The maximum absolute atomic E-state index is 6.30. The molecule has 4 rings (SSSR count). The van der Waals surface area contributed by atoms with Gasteiger partial charge in [-0.2, -0.15) is 5.11 Å². The summed E-state index contributed by atoms with van der Waals surface area (Å²) in [5, 5.41) is 8.71. The Bertz CT molecular complexity index is 1020. The first-order chi connectivity index (χ1) is 15.1. The van der Waals surface area contributed by atoms with Gasteiger partial charge in [-0.05, 0) is 17.7 Å². The van der Waals surface area contributed by atoms with E-state index in [1.165, 1.54) is 0 Å². The van der Waals surface area contributed by atoms with Gasteiger partial charge < -0.3 is 10.5 Å². The van der Waals surface area contributed by atoms with Gasteiger partial charge >= 0.3 is 0 Å². The Labute approximate surface area is 190 Å². The molecule has 31 heavy (non-hydrogen) atoms. The van der Waals surface area contributed by atoms with Crippen molar-refractivity contribution in [2.75, 3.05) is 32.8 Å². The second kappa shape index (κ2) is 10.3. The van der Waals surface area contributed by atoms with E-state index in [0.717, 1.165) is 30.8 Å². The lowest BCUT2D eigenvalue weighted by molar-refractivity contribution is -0.0288. The third kappa shape index (κ3) is 5.44. The summed E-state index contributed by atoms with van der Waals surface area (Å²) in [5.74, 6) is 0.440. The molecule has 1 atom stereocenters. The third-order valence-electron chi connectivity index (χ3n) is 4.96. The van der Waals surface area contributed by atoms with E-state index >= 15 is 0 Å². The summed E-state index contributed by atoms with van der Waals surface area (Å²) in [6.45, 7) is 3.95. The largest absolute Gasteiger partial charge is 0.371 e. The summed E-state index contributed by atoms with van der Waals surface area (Å²) in [5.41, 5.74) is 8.48. The molecular formula is C22H22Cl2N6O. The topological polar surface area (TPSA) is 89.0 Å². The van der Waals surface area contributed by atoms with Crippen LogP contribution < -0.4 is 5.73 Å². The lowest BCUT2D eigenvalue weighted by Crippen LogP contribution is -2.40. The number of halogens is 2. The lowest BCUT2D eigenvalue weighted by Gasteiger charge is -2.32. The number of azo groups is 1. The summed E-state index contributed by atoms with van der Waals surface area (Å²) in [4.78, 5) is 10.9. The van der Waals surface area contributed by atoms with Crippen LogP contribution in [-0.4, -0.2) is 47.7 Å². The first-order valence-corrected chi connectivity index (χ1v) is 10.7. The van der Waals surface area contributed by atoms with Gasteiger partial charge in [-0.25, -0.2) is 9.97 Å². The number of aromatic nitrogens is 2. The highest BCUT2D eigenvalue weighted by molar-refractivity contribution is 6.37. The Morgan fingerprint density at radius 3 is 2.39 bits per heavy atom. The standard InChI is InChI=1S/C22H22Cl2N6O/c23-20-19(21(24)27-22(26-20)16-4-2-1-3-5-16)29-28-17-8-6-15(7-9-17)18-14-30(11-10-25)12-13-31-18/h1-9,18H,10-14,25H2/b29-28+. The minimum Gasteiger partial charge on any atom is -0.371 e. The number of hydrogen-bond acceptors (Lipinski definition) is 7. The van der Waals surface area contributed by atoms with Crippen LogP contribution in [0.4, 0.5) is 11.4 Å². The van der Waals surface area contributed by atoms with Crippen molar-refractivity contribution in [3.05, 3.63) is 70.5 Å². The Morgan fingerprint density at radius 2 is 1.71 bits per heavy atom. The van der Waals surface area contributed by atoms with E-state index in [1.807, 2.05) is 54.6 Å². The van der Waals surface area contributed by atoms with Gasteiger partial charge in [0.05, 0.1) is 18.4 Å². The first kappa shape index (κ1) is 21.8. The molecule has 1 aromatic heterocycles. The Morgan fingerprint density at radius 1 is 1.00 bits per heavy atom. The molecule has 1 fully saturated rings. The van der Waals surface area contributed by atoms with E-state index in [1.54, 1.807) is 0 Å². The van der Waals surface area contributed by atoms with Crippen LogP contribution in [0.15, 0.2) is 64.8 Å². The van der Waals surface area contributed by atoms with E-state index < -0.39 is 0 Å². The van der Waals surface area contributed by atoms with Crippen LogP contribution in [-0.2, 0) is 4.74 Å². The van der Waals surface area contributed by atoms with Gasteiger partial charge in [0.15, 0.2) is 21.8 Å². The summed E-state index contributed by atoms with van der Waals surface area (Å²) >= 11 is 12.6. The smallest absolute Gasteiger partial charge is 0.162 e. The van der Waals surface area contributed by atoms with Crippen molar-refractivity contribution in [2.45, 2.75) is 6.10 Å². The molecule has 2 heterocycles. The van der Waals surface area contributed by atoms with Gasteiger partial charge in [0.2, 0.25) is 0 Å². The fourth-order valence-corrected chi connectivity index (χ4v) is 3.82. The van der Waals surface area contributed by atoms with E-state index in [2.05, 4.69) is 25.1 Å². The van der Waals surface area contributed by atoms with Gasteiger partial charge in [-0.1, -0.05) is 65.7 Å². The average molecular weight is 457 g/mol. The molecule has 1 aliphatic heterocycles. The number of nitrogens with zero attached hydrogens (tertiary/aromatic N) is 5. The molecule has 0 amide bonds. The number of benzene rings is 2. The van der Waals surface area contributed by atoms with E-state index in [9.17, 15) is 0 Å². The van der Waals surface area contributed by atoms with Gasteiger partial charge in [0.25, 0.3) is 0 Å². The summed E-state index contributed by atoms with van der Waals surface area (Å²) in [6.07, 6.45) is 0.0223. The van der Waals surface area contributed by atoms with Crippen molar-refractivity contribution in [3.8, 4) is 11.4 Å². The third-order valence-corrected chi connectivity index (χ3v) is 5.48. The molecule has 2 N–H and O–H groups in total. The van der Waals surface area contributed by atoms with Crippen LogP contribution in [0.25, 0.3) is 11.4 Å². The van der Waals surface area contributed by atoms with E-state index in [-0.39, 0.29) is 22.1 Å². The number of nitrogens with two attached hydrogens (primary N) is 1. The number of morpholine rings is 1. The van der Waals surface area contributed by atoms with Gasteiger partial charge in [0, 0.05) is 31.7 Å². The van der Waals surface area contributed by atoms with Crippen molar-refractivity contribution in [3.63, 3.8) is 0 Å². The molecule has 9 heteroatoms. The maximum atomic E-state index is 6.30. The van der Waals surface area contributed by atoms with E-state index in [4.69, 9.17) is 33.7 Å². The molecule has 1 unspecified atom stereocenters. The SMILES string of the molecule is NCCN1CCOC(c2ccc(/N=N/c3c(Cl)nc(-c4ccccc4)nc3Cl)cc2)C1. The molecule has 3 aromatic rings. The monoisotopic (exact) mass is 456 g/mol. The molecule has 0 bridgehead atoms. The maximum Gasteiger partial charge on any atom is 0.162 e. The molecule has 160 valence electrons. The molecule has 0 aliphatic carbocycles. The van der Waals surface area contributed by atoms with Crippen LogP contribution in [0, 0.1) is 0 Å². The first-order valence-electron chi connectivity index (χ1n) is 9.98. The Balaban J connectivity index is 1.47. The van der Waals surface area contributed by atoms with Gasteiger partial charge in [0.1, 0.15) is 0 Å². The normalized spacial score (nSPS) is 17.3. The highest BCUT2D eigenvalue weighted by atomic mass is 35.5. The van der Waals surface area contributed by atoms with Crippen LogP contribution in [0.2, 0.25) is 10.3 Å². The van der Waals surface area contributed by atoms with Crippen LogP contribution in [0.5, 0.6) is 0 Å². The van der Waals surface area contributed by atoms with Crippen molar-refractivity contribution in [2.24, 2.45) is 16.0 Å². The highest BCUT2D eigenvalue weighted by Crippen LogP contribution is 2.34. The molecule has 1 aliphatic rings. The van der Waals surface area contributed by atoms with E-state index in [0.29, 0.717) is 24.7 Å². The summed E-state index contributed by atoms with van der Waals surface area (Å²) in [6, 6.07) is 17.2. The van der Waals surface area contributed by atoms with Crippen molar-refractivity contribution < 1.29 is 4.74 Å². The minimum atomic E-state index is 0.0223. The number of hydrogen-bond donors (Lipinski definition) is 1. The lowest BCUT2D eigenvalue weighted by atomic mass is 10.1. The zero-order valence-corrected chi connectivity index (χ0v) is 18.3. The minimum absolute atomic E-state index is 0.0223. The number of rotatable bonds is 6. The van der Waals surface area contributed by atoms with Crippen LogP contribution in [0.1, 0.15) is 11.7 Å². The Hall–Kier alpha value is -2.42. The predicted octanol–water partition coefficient (Wildman–Crippen LogP) is 5.20. The molecule has 1 saturated heterocycles. The second-order valence-corrected chi connectivity index (χ2v) is 7.80. The predicted molar refractivity (Wildman–Crippen MR) is 122 cm³/mol. The Kier molecular flexibility index (Phi) is 7.21. The molecular weight excluding hydrogens is 435 g/mol.